The van der Waals surface area contributed by atoms with E-state index in [2.05, 4.69) is 10.3 Å². The molecule has 1 aliphatic rings. The number of aromatic nitrogens is 1. The maximum Gasteiger partial charge on any atom is 0.307 e. The minimum atomic E-state index is -0.886. The SMILES string of the molecule is Cc1cnc(C(C)NC(=O)C2CC2C(=O)O)s1. The van der Waals surface area contributed by atoms with Crippen LogP contribution in [0.2, 0.25) is 0 Å². The summed E-state index contributed by atoms with van der Waals surface area (Å²) in [6.07, 6.45) is 2.21. The van der Waals surface area contributed by atoms with Crippen LogP contribution in [0.25, 0.3) is 0 Å². The first kappa shape index (κ1) is 12.0. The standard InChI is InChI=1S/C11H14N2O3S/c1-5-4-12-10(17-5)6(2)13-9(14)7-3-8(7)11(15)16/h4,6-8H,3H2,1-2H3,(H,13,14)(H,15,16). The molecule has 0 aromatic carbocycles. The molecule has 1 heterocycles. The lowest BCUT2D eigenvalue weighted by Crippen LogP contribution is -2.29. The lowest BCUT2D eigenvalue weighted by atomic mass is 10.2. The Hall–Kier alpha value is -1.43. The van der Waals surface area contributed by atoms with Crippen molar-refractivity contribution < 1.29 is 14.7 Å². The summed E-state index contributed by atoms with van der Waals surface area (Å²) in [5.41, 5.74) is 0. The van der Waals surface area contributed by atoms with Crippen molar-refractivity contribution in [2.45, 2.75) is 26.3 Å². The second kappa shape index (κ2) is 4.44. The zero-order chi connectivity index (χ0) is 12.6. The number of nitrogens with one attached hydrogen (secondary N) is 1. The Labute approximate surface area is 103 Å². The summed E-state index contributed by atoms with van der Waals surface area (Å²) in [5.74, 6) is -1.93. The normalized spacial score (nSPS) is 24.1. The first-order chi connectivity index (χ1) is 7.99. The zero-order valence-corrected chi connectivity index (χ0v) is 10.5. The molecule has 0 bridgehead atoms. The van der Waals surface area contributed by atoms with Crippen molar-refractivity contribution in [1.82, 2.24) is 10.3 Å². The quantitative estimate of drug-likeness (QED) is 0.850. The van der Waals surface area contributed by atoms with E-state index in [4.69, 9.17) is 5.11 Å². The first-order valence-electron chi connectivity index (χ1n) is 5.44. The van der Waals surface area contributed by atoms with Gasteiger partial charge in [0.15, 0.2) is 0 Å². The second-order valence-corrected chi connectivity index (χ2v) is 5.59. The third-order valence-electron chi connectivity index (χ3n) is 2.81. The van der Waals surface area contributed by atoms with Crippen LogP contribution in [0.5, 0.6) is 0 Å². The largest absolute Gasteiger partial charge is 0.481 e. The number of amides is 1. The Kier molecular flexibility index (Phi) is 3.15. The van der Waals surface area contributed by atoms with Crippen LogP contribution in [0, 0.1) is 18.8 Å². The Morgan fingerprint density at radius 3 is 2.76 bits per heavy atom. The number of carbonyl (C=O) groups is 2. The molecule has 2 N–H and O–H groups in total. The third-order valence-corrected chi connectivity index (χ3v) is 3.91. The number of carboxylic acid groups (broad SMARTS) is 1. The van der Waals surface area contributed by atoms with Gasteiger partial charge in [-0.1, -0.05) is 0 Å². The molecule has 0 radical (unpaired) electrons. The fraction of sp³-hybridized carbons (Fsp3) is 0.545. The van der Waals surface area contributed by atoms with Gasteiger partial charge in [-0.3, -0.25) is 9.59 Å². The predicted octanol–water partition coefficient (Wildman–Crippen LogP) is 1.35. The van der Waals surface area contributed by atoms with Gasteiger partial charge in [-0.25, -0.2) is 4.98 Å². The van der Waals surface area contributed by atoms with Gasteiger partial charge >= 0.3 is 5.97 Å². The molecule has 5 nitrogen and oxygen atoms in total. The highest BCUT2D eigenvalue weighted by Gasteiger charge is 2.48. The van der Waals surface area contributed by atoms with Gasteiger partial charge < -0.3 is 10.4 Å². The number of thiazole rings is 1. The molecule has 0 spiro atoms. The number of hydrogen-bond acceptors (Lipinski definition) is 4. The average Bonchev–Trinajstić information content (AvgIpc) is 2.95. The van der Waals surface area contributed by atoms with Crippen LogP contribution < -0.4 is 5.32 Å². The number of carbonyl (C=O) groups excluding carboxylic acids is 1. The van der Waals surface area contributed by atoms with Crippen molar-refractivity contribution in [3.8, 4) is 0 Å². The summed E-state index contributed by atoms with van der Waals surface area (Å²) in [5, 5.41) is 12.4. The molecule has 3 unspecified atom stereocenters. The number of carboxylic acids is 1. The van der Waals surface area contributed by atoms with Gasteiger partial charge in [0.2, 0.25) is 5.91 Å². The number of hydrogen-bond donors (Lipinski definition) is 2. The van der Waals surface area contributed by atoms with E-state index in [0.29, 0.717) is 6.42 Å². The van der Waals surface area contributed by atoms with E-state index in [1.807, 2.05) is 13.8 Å². The van der Waals surface area contributed by atoms with Crippen LogP contribution in [0.3, 0.4) is 0 Å². The summed E-state index contributed by atoms with van der Waals surface area (Å²) in [6, 6.07) is -0.156. The van der Waals surface area contributed by atoms with Crippen molar-refractivity contribution in [3.05, 3.63) is 16.1 Å². The fourth-order valence-corrected chi connectivity index (χ4v) is 2.49. The molecule has 2 rings (SSSR count). The van der Waals surface area contributed by atoms with Crippen LogP contribution in [0.15, 0.2) is 6.20 Å². The monoisotopic (exact) mass is 254 g/mol. The Morgan fingerprint density at radius 2 is 2.29 bits per heavy atom. The molecule has 1 aromatic heterocycles. The Bertz CT molecular complexity index is 457. The first-order valence-corrected chi connectivity index (χ1v) is 6.26. The van der Waals surface area contributed by atoms with E-state index in [0.717, 1.165) is 9.88 Å². The van der Waals surface area contributed by atoms with Gasteiger partial charge in [-0.05, 0) is 20.3 Å². The van der Waals surface area contributed by atoms with E-state index in [-0.39, 0.29) is 17.9 Å². The van der Waals surface area contributed by atoms with E-state index in [9.17, 15) is 9.59 Å². The maximum absolute atomic E-state index is 11.7. The fourth-order valence-electron chi connectivity index (χ4n) is 1.71. The lowest BCUT2D eigenvalue weighted by Gasteiger charge is -2.10. The molecule has 3 atom stereocenters. The molecular formula is C11H14N2O3S. The molecule has 1 fully saturated rings. The molecule has 1 aliphatic carbocycles. The highest BCUT2D eigenvalue weighted by molar-refractivity contribution is 7.11. The smallest absolute Gasteiger partial charge is 0.307 e. The number of rotatable bonds is 4. The van der Waals surface area contributed by atoms with Gasteiger partial charge in [-0.2, -0.15) is 0 Å². The van der Waals surface area contributed by atoms with Gasteiger partial charge in [0.25, 0.3) is 0 Å². The summed E-state index contributed by atoms with van der Waals surface area (Å²) >= 11 is 1.53. The van der Waals surface area contributed by atoms with Crippen LogP contribution in [0.4, 0.5) is 0 Å². The predicted molar refractivity (Wildman–Crippen MR) is 62.6 cm³/mol. The molecular weight excluding hydrogens is 240 g/mol. The van der Waals surface area contributed by atoms with Gasteiger partial charge in [0, 0.05) is 11.1 Å². The Morgan fingerprint density at radius 1 is 1.59 bits per heavy atom. The zero-order valence-electron chi connectivity index (χ0n) is 9.64. The van der Waals surface area contributed by atoms with Crippen molar-refractivity contribution in [1.29, 1.82) is 0 Å². The maximum atomic E-state index is 11.7. The minimum absolute atomic E-state index is 0.156. The highest BCUT2D eigenvalue weighted by atomic mass is 32.1. The van der Waals surface area contributed by atoms with Crippen LogP contribution in [-0.4, -0.2) is 22.0 Å². The molecule has 1 aromatic rings. The van der Waals surface area contributed by atoms with Crippen LogP contribution >= 0.6 is 11.3 Å². The minimum Gasteiger partial charge on any atom is -0.481 e. The molecule has 0 saturated heterocycles. The summed E-state index contributed by atoms with van der Waals surface area (Å²) in [7, 11) is 0. The molecule has 17 heavy (non-hydrogen) atoms. The third kappa shape index (κ3) is 2.63. The molecule has 6 heteroatoms. The van der Waals surface area contributed by atoms with Crippen molar-refractivity contribution >= 4 is 23.2 Å². The number of aryl methyl sites for hydroxylation is 1. The highest BCUT2D eigenvalue weighted by Crippen LogP contribution is 2.39. The average molecular weight is 254 g/mol. The van der Waals surface area contributed by atoms with E-state index < -0.39 is 11.9 Å². The van der Waals surface area contributed by atoms with Gasteiger partial charge in [0.05, 0.1) is 17.9 Å². The summed E-state index contributed by atoms with van der Waals surface area (Å²) < 4.78 is 0. The Balaban J connectivity index is 1.90. The topological polar surface area (TPSA) is 79.3 Å². The molecule has 1 amide bonds. The van der Waals surface area contributed by atoms with Crippen molar-refractivity contribution in [3.63, 3.8) is 0 Å². The van der Waals surface area contributed by atoms with Gasteiger partial charge in [0.1, 0.15) is 5.01 Å². The molecule has 1 saturated carbocycles. The van der Waals surface area contributed by atoms with Crippen molar-refractivity contribution in [2.75, 3.05) is 0 Å². The van der Waals surface area contributed by atoms with Gasteiger partial charge in [-0.15, -0.1) is 11.3 Å². The van der Waals surface area contributed by atoms with E-state index in [1.54, 1.807) is 6.20 Å². The van der Waals surface area contributed by atoms with Crippen LogP contribution in [0.1, 0.15) is 29.3 Å². The molecule has 92 valence electrons. The van der Waals surface area contributed by atoms with E-state index in [1.165, 1.54) is 11.3 Å². The van der Waals surface area contributed by atoms with E-state index >= 15 is 0 Å². The number of aliphatic carboxylic acids is 1. The van der Waals surface area contributed by atoms with Crippen LogP contribution in [-0.2, 0) is 9.59 Å². The summed E-state index contributed by atoms with van der Waals surface area (Å²) in [4.78, 5) is 27.6. The second-order valence-electron chi connectivity index (χ2n) is 4.33. The lowest BCUT2D eigenvalue weighted by molar-refractivity contribution is -0.140. The molecule has 0 aliphatic heterocycles. The van der Waals surface area contributed by atoms with Crippen molar-refractivity contribution in [2.24, 2.45) is 11.8 Å². The number of nitrogens with zero attached hydrogens (tertiary/aromatic N) is 1. The summed E-state index contributed by atoms with van der Waals surface area (Å²) in [6.45, 7) is 3.81.